The van der Waals surface area contributed by atoms with Crippen LogP contribution in [0.3, 0.4) is 0 Å². The van der Waals surface area contributed by atoms with Crippen molar-refractivity contribution in [2.75, 3.05) is 39.3 Å². The quantitative estimate of drug-likeness (QED) is 0.387. The molecule has 0 radical (unpaired) electrons. The number of aryl methyl sites for hydroxylation is 1. The minimum Gasteiger partial charge on any atom is -0.353 e. The second-order valence-electron chi connectivity index (χ2n) is 8.81. The summed E-state index contributed by atoms with van der Waals surface area (Å²) in [5.41, 5.74) is 4.60. The van der Waals surface area contributed by atoms with E-state index >= 15 is 0 Å². The Morgan fingerprint density at radius 3 is 2.18 bits per heavy atom. The number of nitrogens with zero attached hydrogens (tertiary/aromatic N) is 3. The predicted molar refractivity (Wildman–Crippen MR) is 138 cm³/mol. The Hall–Kier alpha value is -3.28. The molecule has 0 saturated carbocycles. The van der Waals surface area contributed by atoms with E-state index in [0.717, 1.165) is 50.4 Å². The van der Waals surface area contributed by atoms with E-state index in [2.05, 4.69) is 80.8 Å². The number of carbonyl (C=O) groups excluding carboxylic acids is 1. The first-order valence-corrected chi connectivity index (χ1v) is 12.1. The van der Waals surface area contributed by atoms with E-state index in [1.165, 1.54) is 11.1 Å². The Bertz CT molecular complexity index is 1000. The van der Waals surface area contributed by atoms with Gasteiger partial charge in [-0.05, 0) is 48.7 Å². The molecule has 0 atom stereocenters. The average molecular weight is 455 g/mol. The first-order valence-electron chi connectivity index (χ1n) is 12.1. The van der Waals surface area contributed by atoms with Crippen LogP contribution in [0.4, 0.5) is 0 Å². The zero-order valence-corrected chi connectivity index (χ0v) is 19.9. The predicted octanol–water partition coefficient (Wildman–Crippen LogP) is 4.32. The van der Waals surface area contributed by atoms with Gasteiger partial charge in [-0.25, -0.2) is 0 Å². The molecule has 2 heterocycles. The van der Waals surface area contributed by atoms with Gasteiger partial charge in [0.05, 0.1) is 6.04 Å². The van der Waals surface area contributed by atoms with Gasteiger partial charge in [-0.2, -0.15) is 0 Å². The SMILES string of the molecule is Cc1ccc(/C=C/C(=O)NCCCN2CCN(C(c3ccccc3)c3ccccc3)CC2)cn1. The normalized spacial score (nSPS) is 15.1. The second-order valence-corrected chi connectivity index (χ2v) is 8.81. The molecular formula is C29H34N4O. The van der Waals surface area contributed by atoms with Crippen molar-refractivity contribution < 1.29 is 4.79 Å². The molecule has 1 aliphatic rings. The van der Waals surface area contributed by atoms with Crippen molar-refractivity contribution in [1.82, 2.24) is 20.1 Å². The maximum atomic E-state index is 12.1. The van der Waals surface area contributed by atoms with Gasteiger partial charge in [-0.3, -0.25) is 14.7 Å². The van der Waals surface area contributed by atoms with Crippen LogP contribution in [0.15, 0.2) is 85.1 Å². The summed E-state index contributed by atoms with van der Waals surface area (Å²) in [6.45, 7) is 7.80. The van der Waals surface area contributed by atoms with Crippen molar-refractivity contribution in [3.63, 3.8) is 0 Å². The summed E-state index contributed by atoms with van der Waals surface area (Å²) in [5.74, 6) is -0.0565. The molecule has 4 rings (SSSR count). The molecule has 0 spiro atoms. The largest absolute Gasteiger partial charge is 0.353 e. The van der Waals surface area contributed by atoms with Crippen LogP contribution in [0.5, 0.6) is 0 Å². The van der Waals surface area contributed by atoms with Crippen molar-refractivity contribution in [3.8, 4) is 0 Å². The zero-order chi connectivity index (χ0) is 23.6. The fraction of sp³-hybridized carbons (Fsp3) is 0.310. The van der Waals surface area contributed by atoms with Crippen molar-refractivity contribution in [3.05, 3.63) is 107 Å². The summed E-state index contributed by atoms with van der Waals surface area (Å²) in [6, 6.07) is 25.8. The topological polar surface area (TPSA) is 48.5 Å². The number of hydrogen-bond acceptors (Lipinski definition) is 4. The monoisotopic (exact) mass is 454 g/mol. The minimum absolute atomic E-state index is 0.0565. The molecule has 3 aromatic rings. The molecule has 1 N–H and O–H groups in total. The van der Waals surface area contributed by atoms with Crippen molar-refractivity contribution in [2.45, 2.75) is 19.4 Å². The summed E-state index contributed by atoms with van der Waals surface area (Å²) in [4.78, 5) is 21.4. The van der Waals surface area contributed by atoms with Gasteiger partial charge in [-0.15, -0.1) is 0 Å². The van der Waals surface area contributed by atoms with E-state index in [9.17, 15) is 4.79 Å². The minimum atomic E-state index is -0.0565. The highest BCUT2D eigenvalue weighted by molar-refractivity contribution is 5.91. The molecule has 2 aromatic carbocycles. The highest BCUT2D eigenvalue weighted by Crippen LogP contribution is 2.29. The van der Waals surface area contributed by atoms with Crippen LogP contribution in [0, 0.1) is 6.92 Å². The van der Waals surface area contributed by atoms with Gasteiger partial charge in [0.15, 0.2) is 0 Å². The Kier molecular flexibility index (Phi) is 8.60. The lowest BCUT2D eigenvalue weighted by Gasteiger charge is -2.39. The third-order valence-corrected chi connectivity index (χ3v) is 6.31. The number of carbonyl (C=O) groups is 1. The molecule has 1 fully saturated rings. The molecule has 5 nitrogen and oxygen atoms in total. The molecule has 1 amide bonds. The highest BCUT2D eigenvalue weighted by Gasteiger charge is 2.26. The Balaban J connectivity index is 1.21. The third kappa shape index (κ3) is 6.86. The third-order valence-electron chi connectivity index (χ3n) is 6.31. The Labute approximate surface area is 203 Å². The lowest BCUT2D eigenvalue weighted by atomic mass is 9.96. The van der Waals surface area contributed by atoms with E-state index < -0.39 is 0 Å². The second kappa shape index (κ2) is 12.3. The van der Waals surface area contributed by atoms with Crippen LogP contribution in [0.2, 0.25) is 0 Å². The Morgan fingerprint density at radius 2 is 1.59 bits per heavy atom. The van der Waals surface area contributed by atoms with Gasteiger partial charge >= 0.3 is 0 Å². The maximum absolute atomic E-state index is 12.1. The van der Waals surface area contributed by atoms with E-state index in [1.54, 1.807) is 18.3 Å². The maximum Gasteiger partial charge on any atom is 0.244 e. The Morgan fingerprint density at radius 1 is 0.941 bits per heavy atom. The highest BCUT2D eigenvalue weighted by atomic mass is 16.1. The fourth-order valence-corrected chi connectivity index (χ4v) is 4.45. The standard InChI is InChI=1S/C29H34N4O/c1-24-13-14-25(23-31-24)15-16-28(34)30-17-8-18-32-19-21-33(22-20-32)29(26-9-4-2-5-10-26)27-11-6-3-7-12-27/h2-7,9-16,23,29H,8,17-22H2,1H3,(H,30,34)/b16-15+. The van der Waals surface area contributed by atoms with Gasteiger partial charge < -0.3 is 10.2 Å². The average Bonchev–Trinajstić information content (AvgIpc) is 2.89. The van der Waals surface area contributed by atoms with Crippen LogP contribution >= 0.6 is 0 Å². The number of benzene rings is 2. The molecular weight excluding hydrogens is 420 g/mol. The summed E-state index contributed by atoms with van der Waals surface area (Å²) in [7, 11) is 0. The van der Waals surface area contributed by atoms with Gasteiger partial charge in [0.2, 0.25) is 5.91 Å². The molecule has 34 heavy (non-hydrogen) atoms. The molecule has 176 valence electrons. The summed E-state index contributed by atoms with van der Waals surface area (Å²) in [5, 5.41) is 2.99. The van der Waals surface area contributed by atoms with Crippen molar-refractivity contribution in [1.29, 1.82) is 0 Å². The van der Waals surface area contributed by atoms with Crippen LogP contribution in [0.1, 0.15) is 34.8 Å². The molecule has 5 heteroatoms. The van der Waals surface area contributed by atoms with Gasteiger partial charge in [-0.1, -0.05) is 66.7 Å². The smallest absolute Gasteiger partial charge is 0.244 e. The number of hydrogen-bond donors (Lipinski definition) is 1. The van der Waals surface area contributed by atoms with Crippen LogP contribution in [0.25, 0.3) is 6.08 Å². The molecule has 0 unspecified atom stereocenters. The van der Waals surface area contributed by atoms with Gasteiger partial charge in [0, 0.05) is 50.7 Å². The number of piperazine rings is 1. The molecule has 0 bridgehead atoms. The van der Waals surface area contributed by atoms with Crippen LogP contribution in [-0.4, -0.2) is 60.0 Å². The molecule has 0 aliphatic carbocycles. The van der Waals surface area contributed by atoms with E-state index in [-0.39, 0.29) is 5.91 Å². The lowest BCUT2D eigenvalue weighted by Crippen LogP contribution is -2.48. The first-order chi connectivity index (χ1) is 16.7. The number of amides is 1. The fourth-order valence-electron chi connectivity index (χ4n) is 4.45. The summed E-state index contributed by atoms with van der Waals surface area (Å²) >= 11 is 0. The van der Waals surface area contributed by atoms with E-state index in [1.807, 2.05) is 19.1 Å². The molecule has 1 saturated heterocycles. The summed E-state index contributed by atoms with van der Waals surface area (Å²) in [6.07, 6.45) is 6.11. The first kappa shape index (κ1) is 23.9. The zero-order valence-electron chi connectivity index (χ0n) is 19.9. The number of pyridine rings is 1. The van der Waals surface area contributed by atoms with Gasteiger partial charge in [0.1, 0.15) is 0 Å². The van der Waals surface area contributed by atoms with Crippen molar-refractivity contribution >= 4 is 12.0 Å². The van der Waals surface area contributed by atoms with Crippen LogP contribution in [-0.2, 0) is 4.79 Å². The lowest BCUT2D eigenvalue weighted by molar-refractivity contribution is -0.116. The van der Waals surface area contributed by atoms with Gasteiger partial charge in [0.25, 0.3) is 0 Å². The van der Waals surface area contributed by atoms with E-state index in [0.29, 0.717) is 12.6 Å². The number of nitrogens with one attached hydrogen (secondary N) is 1. The number of rotatable bonds is 9. The van der Waals surface area contributed by atoms with Crippen LogP contribution < -0.4 is 5.32 Å². The number of aromatic nitrogens is 1. The van der Waals surface area contributed by atoms with E-state index in [4.69, 9.17) is 0 Å². The van der Waals surface area contributed by atoms with Crippen molar-refractivity contribution in [2.24, 2.45) is 0 Å². The molecule has 1 aromatic heterocycles. The molecule has 1 aliphatic heterocycles. The summed E-state index contributed by atoms with van der Waals surface area (Å²) < 4.78 is 0.